The molecule has 3 rings (SSSR count). The minimum atomic E-state index is 0.526. The number of nitrogens with zero attached hydrogens (tertiary/aromatic N) is 2. The van der Waals surface area contributed by atoms with Crippen LogP contribution < -0.4 is 5.32 Å². The van der Waals surface area contributed by atoms with Crippen LogP contribution in [0, 0.1) is 6.92 Å². The van der Waals surface area contributed by atoms with Gasteiger partial charge in [0.25, 0.3) is 0 Å². The number of pyridine rings is 1. The average Bonchev–Trinajstić information content (AvgIpc) is 2.79. The quantitative estimate of drug-likeness (QED) is 0.869. The number of aromatic nitrogens is 2. The Morgan fingerprint density at radius 3 is 3.05 bits per heavy atom. The first kappa shape index (κ1) is 14.3. The molecule has 0 saturated carbocycles. The van der Waals surface area contributed by atoms with Crippen LogP contribution in [0.1, 0.15) is 54.6 Å². The van der Waals surface area contributed by atoms with Crippen LogP contribution in [-0.2, 0) is 13.0 Å². The molecule has 1 aliphatic carbocycles. The summed E-state index contributed by atoms with van der Waals surface area (Å²) in [4.78, 5) is 4.52. The van der Waals surface area contributed by atoms with Gasteiger partial charge in [-0.3, -0.25) is 4.98 Å². The molecule has 2 aromatic heterocycles. The summed E-state index contributed by atoms with van der Waals surface area (Å²) in [6, 6.07) is 4.67. The van der Waals surface area contributed by atoms with E-state index >= 15 is 0 Å². The maximum absolute atomic E-state index is 4.52. The highest BCUT2D eigenvalue weighted by atomic mass is 15.0. The molecule has 1 unspecified atom stereocenters. The number of fused-ring (bicyclic) bond motifs is 1. The third kappa shape index (κ3) is 3.18. The molecule has 1 atom stereocenters. The molecule has 112 valence electrons. The van der Waals surface area contributed by atoms with Crippen molar-refractivity contribution < 1.29 is 0 Å². The van der Waals surface area contributed by atoms with Crippen molar-refractivity contribution in [1.82, 2.24) is 14.9 Å². The normalized spacial score (nSPS) is 18.3. The Hall–Kier alpha value is -1.61. The van der Waals surface area contributed by atoms with Gasteiger partial charge in [-0.2, -0.15) is 0 Å². The number of hydrogen-bond donors (Lipinski definition) is 1. The number of rotatable bonds is 4. The first-order chi connectivity index (χ1) is 10.3. The van der Waals surface area contributed by atoms with Crippen LogP contribution in [-0.4, -0.2) is 16.1 Å². The molecule has 0 bridgehead atoms. The molecule has 0 radical (unpaired) electrons. The van der Waals surface area contributed by atoms with Crippen LogP contribution in [0.25, 0.3) is 0 Å². The second-order valence-corrected chi connectivity index (χ2v) is 6.03. The molecule has 2 aromatic rings. The maximum Gasteiger partial charge on any atom is 0.0645 e. The van der Waals surface area contributed by atoms with E-state index in [-0.39, 0.29) is 0 Å². The Balaban J connectivity index is 1.85. The predicted octanol–water partition coefficient (Wildman–Crippen LogP) is 3.62. The van der Waals surface area contributed by atoms with E-state index in [9.17, 15) is 0 Å². The zero-order valence-corrected chi connectivity index (χ0v) is 13.1. The highest BCUT2D eigenvalue weighted by Gasteiger charge is 2.19. The summed E-state index contributed by atoms with van der Waals surface area (Å²) in [5.74, 6) is 0. The molecule has 2 heterocycles. The van der Waals surface area contributed by atoms with Crippen LogP contribution in [0.4, 0.5) is 0 Å². The van der Waals surface area contributed by atoms with Crippen molar-refractivity contribution in [3.05, 3.63) is 53.1 Å². The van der Waals surface area contributed by atoms with E-state index in [0.29, 0.717) is 6.04 Å². The predicted molar refractivity (Wildman–Crippen MR) is 86.5 cm³/mol. The van der Waals surface area contributed by atoms with Crippen LogP contribution in [0.2, 0.25) is 0 Å². The number of nitrogens with one attached hydrogen (secondary N) is 1. The minimum Gasteiger partial charge on any atom is -0.348 e. The molecular weight excluding hydrogens is 258 g/mol. The first-order valence-corrected chi connectivity index (χ1v) is 8.10. The van der Waals surface area contributed by atoms with Gasteiger partial charge in [0, 0.05) is 24.6 Å². The van der Waals surface area contributed by atoms with Gasteiger partial charge < -0.3 is 9.88 Å². The Morgan fingerprint density at radius 2 is 2.24 bits per heavy atom. The highest BCUT2D eigenvalue weighted by Crippen LogP contribution is 2.29. The zero-order chi connectivity index (χ0) is 14.7. The van der Waals surface area contributed by atoms with Gasteiger partial charge in [0.2, 0.25) is 0 Å². The first-order valence-electron chi connectivity index (χ1n) is 8.10. The standard InChI is InChI=1S/C18H25N3/c1-3-19-17-9-5-4-8-15-11-21(12-16(15)17)13-18-14(2)7-6-10-20-18/h6-7,10-12,17,19H,3-5,8-9,13H2,1-2H3. The highest BCUT2D eigenvalue weighted by molar-refractivity contribution is 5.30. The van der Waals surface area contributed by atoms with E-state index in [0.717, 1.165) is 13.1 Å². The van der Waals surface area contributed by atoms with Gasteiger partial charge in [-0.1, -0.05) is 19.4 Å². The van der Waals surface area contributed by atoms with Gasteiger partial charge in [-0.05, 0) is 55.5 Å². The second-order valence-electron chi connectivity index (χ2n) is 6.03. The van der Waals surface area contributed by atoms with E-state index in [1.165, 1.54) is 48.1 Å². The minimum absolute atomic E-state index is 0.526. The lowest BCUT2D eigenvalue weighted by molar-refractivity contribution is 0.502. The van der Waals surface area contributed by atoms with Gasteiger partial charge in [-0.15, -0.1) is 0 Å². The van der Waals surface area contributed by atoms with E-state index in [2.05, 4.69) is 47.2 Å². The van der Waals surface area contributed by atoms with Crippen molar-refractivity contribution in [2.24, 2.45) is 0 Å². The largest absolute Gasteiger partial charge is 0.348 e. The van der Waals surface area contributed by atoms with Crippen molar-refractivity contribution in [1.29, 1.82) is 0 Å². The molecule has 21 heavy (non-hydrogen) atoms. The van der Waals surface area contributed by atoms with Gasteiger partial charge in [0.1, 0.15) is 0 Å². The van der Waals surface area contributed by atoms with Crippen molar-refractivity contribution in [2.75, 3.05) is 6.54 Å². The molecule has 1 aliphatic rings. The van der Waals surface area contributed by atoms with Crippen LogP contribution >= 0.6 is 0 Å². The molecular formula is C18H25N3. The van der Waals surface area contributed by atoms with E-state index in [4.69, 9.17) is 0 Å². The lowest BCUT2D eigenvalue weighted by atomic mass is 10.0. The summed E-state index contributed by atoms with van der Waals surface area (Å²) in [5, 5.41) is 3.64. The SMILES string of the molecule is CCNC1CCCCc2cn(Cc3ncccc3C)cc21. The van der Waals surface area contributed by atoms with Gasteiger partial charge in [-0.25, -0.2) is 0 Å². The molecule has 0 fully saturated rings. The van der Waals surface area contributed by atoms with Crippen molar-refractivity contribution in [3.63, 3.8) is 0 Å². The number of aryl methyl sites for hydroxylation is 2. The summed E-state index contributed by atoms with van der Waals surface area (Å²) >= 11 is 0. The fraction of sp³-hybridized carbons (Fsp3) is 0.500. The maximum atomic E-state index is 4.52. The fourth-order valence-corrected chi connectivity index (χ4v) is 3.32. The van der Waals surface area contributed by atoms with Gasteiger partial charge in [0.15, 0.2) is 0 Å². The molecule has 1 N–H and O–H groups in total. The fourth-order valence-electron chi connectivity index (χ4n) is 3.32. The molecule has 0 saturated heterocycles. The Morgan fingerprint density at radius 1 is 1.33 bits per heavy atom. The number of hydrogen-bond acceptors (Lipinski definition) is 2. The Bertz CT molecular complexity index is 600. The summed E-state index contributed by atoms with van der Waals surface area (Å²) in [6.45, 7) is 6.24. The van der Waals surface area contributed by atoms with Gasteiger partial charge >= 0.3 is 0 Å². The Labute approximate surface area is 127 Å². The average molecular weight is 283 g/mol. The summed E-state index contributed by atoms with van der Waals surface area (Å²) in [7, 11) is 0. The third-order valence-electron chi connectivity index (χ3n) is 4.46. The molecule has 0 aliphatic heterocycles. The van der Waals surface area contributed by atoms with E-state index in [1.807, 2.05) is 12.3 Å². The molecule has 0 spiro atoms. The molecule has 3 heteroatoms. The van der Waals surface area contributed by atoms with E-state index in [1.54, 1.807) is 0 Å². The topological polar surface area (TPSA) is 29.9 Å². The molecule has 0 aromatic carbocycles. The summed E-state index contributed by atoms with van der Waals surface area (Å²) in [6.07, 6.45) is 11.7. The third-order valence-corrected chi connectivity index (χ3v) is 4.46. The van der Waals surface area contributed by atoms with E-state index < -0.39 is 0 Å². The molecule has 3 nitrogen and oxygen atoms in total. The van der Waals surface area contributed by atoms with Crippen molar-refractivity contribution in [3.8, 4) is 0 Å². The van der Waals surface area contributed by atoms with Crippen LogP contribution in [0.3, 0.4) is 0 Å². The summed E-state index contributed by atoms with van der Waals surface area (Å²) in [5.41, 5.74) is 5.46. The second kappa shape index (κ2) is 6.44. The lowest BCUT2D eigenvalue weighted by Crippen LogP contribution is -2.20. The summed E-state index contributed by atoms with van der Waals surface area (Å²) < 4.78 is 2.32. The lowest BCUT2D eigenvalue weighted by Gasteiger charge is -2.15. The van der Waals surface area contributed by atoms with Crippen molar-refractivity contribution in [2.45, 2.75) is 52.1 Å². The van der Waals surface area contributed by atoms with Gasteiger partial charge in [0.05, 0.1) is 12.2 Å². The zero-order valence-electron chi connectivity index (χ0n) is 13.1. The molecule has 0 amide bonds. The Kier molecular flexibility index (Phi) is 4.39. The van der Waals surface area contributed by atoms with Crippen LogP contribution in [0.15, 0.2) is 30.7 Å². The smallest absolute Gasteiger partial charge is 0.0645 e. The monoisotopic (exact) mass is 283 g/mol. The van der Waals surface area contributed by atoms with Crippen molar-refractivity contribution >= 4 is 0 Å². The van der Waals surface area contributed by atoms with Crippen LogP contribution in [0.5, 0.6) is 0 Å².